The van der Waals surface area contributed by atoms with Gasteiger partial charge in [0.1, 0.15) is 0 Å². The second-order valence-electron chi connectivity index (χ2n) is 4.03. The third kappa shape index (κ3) is 3.96. The summed E-state index contributed by atoms with van der Waals surface area (Å²) in [4.78, 5) is 14.7. The van der Waals surface area contributed by atoms with E-state index in [1.54, 1.807) is 6.20 Å². The average Bonchev–Trinajstić information content (AvgIpc) is 2.75. The fourth-order valence-electron chi connectivity index (χ4n) is 1.87. The van der Waals surface area contributed by atoms with E-state index in [0.29, 0.717) is 5.25 Å². The Morgan fingerprint density at radius 2 is 2.53 bits per heavy atom. The van der Waals surface area contributed by atoms with Crippen molar-refractivity contribution in [3.05, 3.63) is 12.4 Å². The summed E-state index contributed by atoms with van der Waals surface area (Å²) >= 11 is 3.31. The van der Waals surface area contributed by atoms with E-state index in [1.807, 2.05) is 18.0 Å². The van der Waals surface area contributed by atoms with Gasteiger partial charge in [0.05, 0.1) is 5.75 Å². The van der Waals surface area contributed by atoms with Crippen molar-refractivity contribution in [2.24, 2.45) is 0 Å². The topological polar surface area (TPSA) is 55.1 Å². The van der Waals surface area contributed by atoms with Crippen molar-refractivity contribution in [3.63, 3.8) is 0 Å². The van der Waals surface area contributed by atoms with Crippen molar-refractivity contribution in [2.45, 2.75) is 36.2 Å². The maximum Gasteiger partial charge on any atom is 0.313 e. The largest absolute Gasteiger partial charge is 0.481 e. The van der Waals surface area contributed by atoms with Crippen LogP contribution in [0.4, 0.5) is 0 Å². The summed E-state index contributed by atoms with van der Waals surface area (Å²) in [5, 5.41) is 10.1. The van der Waals surface area contributed by atoms with E-state index in [4.69, 9.17) is 5.11 Å². The van der Waals surface area contributed by atoms with E-state index in [0.717, 1.165) is 11.7 Å². The lowest BCUT2D eigenvalue weighted by atomic mass is 10.2. The van der Waals surface area contributed by atoms with Gasteiger partial charge >= 0.3 is 5.97 Å². The maximum atomic E-state index is 10.5. The van der Waals surface area contributed by atoms with Crippen LogP contribution >= 0.6 is 23.5 Å². The van der Waals surface area contributed by atoms with Gasteiger partial charge in [-0.3, -0.25) is 4.79 Å². The predicted octanol–water partition coefficient (Wildman–Crippen LogP) is 2.35. The van der Waals surface area contributed by atoms with Gasteiger partial charge in [0.25, 0.3) is 0 Å². The molecule has 1 unspecified atom stereocenters. The number of aromatic nitrogens is 2. The number of nitrogens with zero attached hydrogens (tertiary/aromatic N) is 2. The second-order valence-corrected chi connectivity index (χ2v) is 6.38. The summed E-state index contributed by atoms with van der Waals surface area (Å²) in [7, 11) is 0. The average molecular weight is 272 g/mol. The molecule has 1 atom stereocenters. The summed E-state index contributed by atoms with van der Waals surface area (Å²) in [5.74, 6) is 0.530. The maximum absolute atomic E-state index is 10.5. The number of thioether (sulfide) groups is 2. The van der Waals surface area contributed by atoms with Gasteiger partial charge in [0.2, 0.25) is 0 Å². The molecule has 1 aromatic rings. The predicted molar refractivity (Wildman–Crippen MR) is 70.7 cm³/mol. The lowest BCUT2D eigenvalue weighted by Gasteiger charge is -2.22. The molecule has 0 radical (unpaired) electrons. The van der Waals surface area contributed by atoms with Crippen molar-refractivity contribution >= 4 is 29.5 Å². The van der Waals surface area contributed by atoms with E-state index < -0.39 is 5.97 Å². The standard InChI is InChI=1S/C11H16N2O2S2/c14-10(15)8-17-11-12-4-5-13(11)7-9-3-1-2-6-16-9/h4-5,9H,1-3,6-8H2,(H,14,15). The van der Waals surface area contributed by atoms with Gasteiger partial charge < -0.3 is 9.67 Å². The van der Waals surface area contributed by atoms with Gasteiger partial charge in [-0.25, -0.2) is 4.98 Å². The molecule has 1 aliphatic rings. The van der Waals surface area contributed by atoms with Crippen molar-refractivity contribution in [1.29, 1.82) is 0 Å². The first-order valence-electron chi connectivity index (χ1n) is 5.73. The Balaban J connectivity index is 1.91. The number of carbonyl (C=O) groups is 1. The molecule has 0 aliphatic carbocycles. The Morgan fingerprint density at radius 1 is 1.65 bits per heavy atom. The Hall–Kier alpha value is -0.620. The monoisotopic (exact) mass is 272 g/mol. The number of carboxylic acids is 1. The second kappa shape index (κ2) is 6.35. The zero-order valence-electron chi connectivity index (χ0n) is 9.54. The van der Waals surface area contributed by atoms with Gasteiger partial charge in [-0.15, -0.1) is 0 Å². The van der Waals surface area contributed by atoms with Crippen LogP contribution in [0.3, 0.4) is 0 Å². The molecule has 4 nitrogen and oxygen atoms in total. The zero-order valence-corrected chi connectivity index (χ0v) is 11.2. The Labute approximate surface area is 109 Å². The van der Waals surface area contributed by atoms with Crippen LogP contribution in [0.15, 0.2) is 17.6 Å². The molecule has 0 amide bonds. The minimum absolute atomic E-state index is 0.0782. The minimum Gasteiger partial charge on any atom is -0.481 e. The Bertz CT molecular complexity index is 375. The fraction of sp³-hybridized carbons (Fsp3) is 0.636. The normalized spacial score (nSPS) is 20.4. The molecule has 17 heavy (non-hydrogen) atoms. The Morgan fingerprint density at radius 3 is 3.24 bits per heavy atom. The highest BCUT2D eigenvalue weighted by atomic mass is 32.2. The molecule has 0 saturated carbocycles. The molecule has 1 N–H and O–H groups in total. The molecular weight excluding hydrogens is 256 g/mol. The first-order valence-corrected chi connectivity index (χ1v) is 7.76. The Kier molecular flexibility index (Phi) is 4.79. The molecule has 6 heteroatoms. The van der Waals surface area contributed by atoms with Crippen molar-refractivity contribution in [2.75, 3.05) is 11.5 Å². The third-order valence-corrected chi connectivity index (χ3v) is 5.05. The van der Waals surface area contributed by atoms with Gasteiger partial charge in [0, 0.05) is 24.2 Å². The van der Waals surface area contributed by atoms with Crippen LogP contribution in [0.1, 0.15) is 19.3 Å². The van der Waals surface area contributed by atoms with Crippen LogP contribution in [-0.2, 0) is 11.3 Å². The number of aliphatic carboxylic acids is 1. The summed E-state index contributed by atoms with van der Waals surface area (Å²) in [6.07, 6.45) is 7.58. The van der Waals surface area contributed by atoms with E-state index in [2.05, 4.69) is 9.55 Å². The van der Waals surface area contributed by atoms with Crippen molar-refractivity contribution in [3.8, 4) is 0 Å². The molecule has 1 fully saturated rings. The highest BCUT2D eigenvalue weighted by molar-refractivity contribution is 8.00. The SMILES string of the molecule is O=C(O)CSc1nccn1CC1CCCCS1. The van der Waals surface area contributed by atoms with Gasteiger partial charge in [-0.1, -0.05) is 18.2 Å². The van der Waals surface area contributed by atoms with Crippen LogP contribution in [0.2, 0.25) is 0 Å². The summed E-state index contributed by atoms with van der Waals surface area (Å²) in [6, 6.07) is 0. The van der Waals surface area contributed by atoms with E-state index in [-0.39, 0.29) is 5.75 Å². The number of rotatable bonds is 5. The van der Waals surface area contributed by atoms with Gasteiger partial charge in [-0.2, -0.15) is 11.8 Å². The number of hydrogen-bond acceptors (Lipinski definition) is 4. The molecular formula is C11H16N2O2S2. The molecule has 0 bridgehead atoms. The summed E-state index contributed by atoms with van der Waals surface area (Å²) in [6.45, 7) is 0.951. The first-order chi connectivity index (χ1) is 8.25. The molecule has 2 rings (SSSR count). The molecule has 0 aromatic carbocycles. The van der Waals surface area contributed by atoms with Gasteiger partial charge in [0.15, 0.2) is 5.16 Å². The van der Waals surface area contributed by atoms with Crippen molar-refractivity contribution in [1.82, 2.24) is 9.55 Å². The highest BCUT2D eigenvalue weighted by Crippen LogP contribution is 2.27. The van der Waals surface area contributed by atoms with Crippen LogP contribution in [0.5, 0.6) is 0 Å². The lowest BCUT2D eigenvalue weighted by molar-refractivity contribution is -0.133. The lowest BCUT2D eigenvalue weighted by Crippen LogP contribution is -2.17. The van der Waals surface area contributed by atoms with Crippen LogP contribution in [0, 0.1) is 0 Å². The minimum atomic E-state index is -0.795. The number of hydrogen-bond donors (Lipinski definition) is 1. The van der Waals surface area contributed by atoms with Crippen LogP contribution < -0.4 is 0 Å². The summed E-state index contributed by atoms with van der Waals surface area (Å²) in [5.41, 5.74) is 0. The smallest absolute Gasteiger partial charge is 0.313 e. The molecule has 0 spiro atoms. The van der Waals surface area contributed by atoms with Crippen LogP contribution in [0.25, 0.3) is 0 Å². The highest BCUT2D eigenvalue weighted by Gasteiger charge is 2.16. The molecule has 94 valence electrons. The quantitative estimate of drug-likeness (QED) is 0.834. The van der Waals surface area contributed by atoms with E-state index in [9.17, 15) is 4.79 Å². The molecule has 1 saturated heterocycles. The zero-order chi connectivity index (χ0) is 12.1. The van der Waals surface area contributed by atoms with E-state index >= 15 is 0 Å². The third-order valence-electron chi connectivity index (χ3n) is 2.68. The van der Waals surface area contributed by atoms with Gasteiger partial charge in [-0.05, 0) is 18.6 Å². The molecule has 1 aliphatic heterocycles. The fourth-order valence-corrected chi connectivity index (χ4v) is 3.86. The first kappa shape index (κ1) is 12.8. The molecule has 1 aromatic heterocycles. The van der Waals surface area contributed by atoms with Crippen LogP contribution in [-0.4, -0.2) is 37.4 Å². The molecule has 2 heterocycles. The van der Waals surface area contributed by atoms with Crippen molar-refractivity contribution < 1.29 is 9.90 Å². The number of imidazole rings is 1. The van der Waals surface area contributed by atoms with E-state index in [1.165, 1.54) is 36.8 Å². The number of carboxylic acid groups (broad SMARTS) is 1. The summed E-state index contributed by atoms with van der Waals surface area (Å²) < 4.78 is 2.08.